The van der Waals surface area contributed by atoms with E-state index in [9.17, 15) is 4.39 Å². The summed E-state index contributed by atoms with van der Waals surface area (Å²) in [6.07, 6.45) is 10.1. The van der Waals surface area contributed by atoms with Crippen LogP contribution in [-0.2, 0) is 13.1 Å². The number of nitrogens with zero attached hydrogens (tertiary/aromatic N) is 1. The maximum absolute atomic E-state index is 14.3. The summed E-state index contributed by atoms with van der Waals surface area (Å²) in [5.41, 5.74) is 2.93. The second-order valence-corrected chi connectivity index (χ2v) is 7.98. The van der Waals surface area contributed by atoms with Crippen LogP contribution < -0.4 is 5.32 Å². The van der Waals surface area contributed by atoms with Crippen molar-refractivity contribution in [1.82, 2.24) is 9.88 Å². The zero-order valence-corrected chi connectivity index (χ0v) is 16.3. The lowest BCUT2D eigenvalue weighted by Crippen LogP contribution is -2.27. The summed E-state index contributed by atoms with van der Waals surface area (Å²) < 4.78 is 16.4. The molecular formula is C23H26ClFN2. The fraction of sp³-hybridized carbons (Fsp3) is 0.391. The largest absolute Gasteiger partial charge is 0.343 e. The highest BCUT2D eigenvalue weighted by atomic mass is 35.5. The fourth-order valence-corrected chi connectivity index (χ4v) is 4.41. The molecule has 0 spiro atoms. The van der Waals surface area contributed by atoms with Gasteiger partial charge in [0.2, 0.25) is 0 Å². The van der Waals surface area contributed by atoms with Gasteiger partial charge < -0.3 is 9.88 Å². The van der Waals surface area contributed by atoms with Crippen molar-refractivity contribution in [2.24, 2.45) is 0 Å². The number of hydrogen-bond donors (Lipinski definition) is 1. The number of aromatic nitrogens is 1. The Morgan fingerprint density at radius 1 is 1.00 bits per heavy atom. The van der Waals surface area contributed by atoms with Gasteiger partial charge in [0.05, 0.1) is 6.54 Å². The molecule has 1 aliphatic carbocycles. The number of fused-ring (bicyclic) bond motifs is 1. The molecule has 27 heavy (non-hydrogen) atoms. The molecule has 1 N–H and O–H groups in total. The normalized spacial score (nSPS) is 15.9. The van der Waals surface area contributed by atoms with E-state index in [1.165, 1.54) is 55.5 Å². The van der Waals surface area contributed by atoms with Crippen molar-refractivity contribution < 1.29 is 4.39 Å². The second kappa shape index (κ2) is 8.45. The van der Waals surface area contributed by atoms with E-state index >= 15 is 0 Å². The molecule has 2 nitrogen and oxygen atoms in total. The molecule has 0 aliphatic heterocycles. The van der Waals surface area contributed by atoms with Gasteiger partial charge >= 0.3 is 0 Å². The summed E-state index contributed by atoms with van der Waals surface area (Å²) in [7, 11) is 0. The molecule has 0 saturated heterocycles. The van der Waals surface area contributed by atoms with Crippen LogP contribution in [0.1, 0.15) is 49.7 Å². The van der Waals surface area contributed by atoms with Gasteiger partial charge in [-0.15, -0.1) is 0 Å². The van der Waals surface area contributed by atoms with Gasteiger partial charge in [-0.05, 0) is 36.6 Å². The Morgan fingerprint density at radius 3 is 2.56 bits per heavy atom. The molecule has 3 aromatic rings. The molecule has 1 aliphatic rings. The molecule has 4 heteroatoms. The van der Waals surface area contributed by atoms with Crippen LogP contribution >= 0.6 is 11.6 Å². The summed E-state index contributed by atoms with van der Waals surface area (Å²) in [5.74, 6) is -0.251. The van der Waals surface area contributed by atoms with Gasteiger partial charge in [0, 0.05) is 40.3 Å². The van der Waals surface area contributed by atoms with E-state index in [0.717, 1.165) is 12.1 Å². The third-order valence-corrected chi connectivity index (χ3v) is 6.05. The average molecular weight is 385 g/mol. The van der Waals surface area contributed by atoms with Gasteiger partial charge in [-0.2, -0.15) is 0 Å². The number of benzene rings is 2. The van der Waals surface area contributed by atoms with Gasteiger partial charge in [-0.25, -0.2) is 4.39 Å². The summed E-state index contributed by atoms with van der Waals surface area (Å²) in [6, 6.07) is 13.8. The van der Waals surface area contributed by atoms with Gasteiger partial charge in [-0.1, -0.05) is 61.5 Å². The van der Waals surface area contributed by atoms with Crippen LogP contribution in [0, 0.1) is 5.82 Å². The zero-order chi connectivity index (χ0) is 18.6. The van der Waals surface area contributed by atoms with E-state index in [2.05, 4.69) is 34.3 Å². The number of rotatable bonds is 5. The van der Waals surface area contributed by atoms with Gasteiger partial charge in [-0.3, -0.25) is 0 Å². The number of nitrogens with one attached hydrogen (secondary N) is 1. The topological polar surface area (TPSA) is 17.0 Å². The van der Waals surface area contributed by atoms with Crippen LogP contribution in [0.2, 0.25) is 5.02 Å². The molecule has 1 saturated carbocycles. The first-order valence-electron chi connectivity index (χ1n) is 9.95. The lowest BCUT2D eigenvalue weighted by atomic mass is 10.1. The van der Waals surface area contributed by atoms with Crippen LogP contribution in [0.15, 0.2) is 48.7 Å². The number of hydrogen-bond acceptors (Lipinski definition) is 1. The minimum absolute atomic E-state index is 0.251. The minimum atomic E-state index is -0.251. The maximum Gasteiger partial charge on any atom is 0.129 e. The van der Waals surface area contributed by atoms with E-state index in [0.29, 0.717) is 23.2 Å². The summed E-state index contributed by atoms with van der Waals surface area (Å²) >= 11 is 6.25. The van der Waals surface area contributed by atoms with E-state index in [4.69, 9.17) is 11.6 Å². The predicted octanol–water partition coefficient (Wildman–Crippen LogP) is 6.29. The average Bonchev–Trinajstić information content (AvgIpc) is 2.83. The minimum Gasteiger partial charge on any atom is -0.343 e. The van der Waals surface area contributed by atoms with Crippen molar-refractivity contribution in [1.29, 1.82) is 0 Å². The standard InChI is InChI=1S/C23H26ClFN2/c24-21-11-7-12-22(25)20(21)16-27-15-17(19-10-5-6-13-23(19)27)14-26-18-8-3-1-2-4-9-18/h5-7,10-13,15,18,26H,1-4,8-9,14,16H2. The fourth-order valence-electron chi connectivity index (χ4n) is 4.19. The molecule has 1 fully saturated rings. The number of halogens is 2. The van der Waals surface area contributed by atoms with E-state index in [1.54, 1.807) is 12.1 Å². The second-order valence-electron chi connectivity index (χ2n) is 7.57. The van der Waals surface area contributed by atoms with Gasteiger partial charge in [0.25, 0.3) is 0 Å². The molecule has 1 aromatic heterocycles. The molecule has 2 aromatic carbocycles. The van der Waals surface area contributed by atoms with Crippen molar-refractivity contribution >= 4 is 22.5 Å². The molecule has 0 amide bonds. The third kappa shape index (κ3) is 4.20. The SMILES string of the molecule is Fc1cccc(Cl)c1Cn1cc(CNC2CCCCCC2)c2ccccc21. The molecule has 0 radical (unpaired) electrons. The van der Waals surface area contributed by atoms with Gasteiger partial charge in [0.1, 0.15) is 5.82 Å². The van der Waals surface area contributed by atoms with E-state index in [-0.39, 0.29) is 5.82 Å². The van der Waals surface area contributed by atoms with Crippen LogP contribution in [0.4, 0.5) is 4.39 Å². The Hall–Kier alpha value is -1.84. The third-order valence-electron chi connectivity index (χ3n) is 5.70. The molecule has 142 valence electrons. The summed E-state index contributed by atoms with van der Waals surface area (Å²) in [5, 5.41) is 5.46. The lowest BCUT2D eigenvalue weighted by molar-refractivity contribution is 0.459. The van der Waals surface area contributed by atoms with Crippen LogP contribution in [-0.4, -0.2) is 10.6 Å². The quantitative estimate of drug-likeness (QED) is 0.511. The van der Waals surface area contributed by atoms with Crippen molar-refractivity contribution in [2.75, 3.05) is 0 Å². The predicted molar refractivity (Wildman–Crippen MR) is 111 cm³/mol. The maximum atomic E-state index is 14.3. The monoisotopic (exact) mass is 384 g/mol. The molecule has 0 atom stereocenters. The molecule has 0 unspecified atom stereocenters. The smallest absolute Gasteiger partial charge is 0.129 e. The highest BCUT2D eigenvalue weighted by molar-refractivity contribution is 6.31. The highest BCUT2D eigenvalue weighted by Gasteiger charge is 2.15. The summed E-state index contributed by atoms with van der Waals surface area (Å²) in [4.78, 5) is 0. The van der Waals surface area contributed by atoms with Crippen molar-refractivity contribution in [3.63, 3.8) is 0 Å². The highest BCUT2D eigenvalue weighted by Crippen LogP contribution is 2.26. The zero-order valence-electron chi connectivity index (χ0n) is 15.6. The first-order chi connectivity index (χ1) is 13.2. The van der Waals surface area contributed by atoms with Crippen LogP contribution in [0.25, 0.3) is 10.9 Å². The van der Waals surface area contributed by atoms with Gasteiger partial charge in [0.15, 0.2) is 0 Å². The first kappa shape index (κ1) is 18.5. The molecule has 1 heterocycles. The Bertz CT molecular complexity index is 890. The Kier molecular flexibility index (Phi) is 5.80. The van der Waals surface area contributed by atoms with Crippen molar-refractivity contribution in [2.45, 2.75) is 57.7 Å². The van der Waals surface area contributed by atoms with E-state index in [1.807, 2.05) is 6.07 Å². The summed E-state index contributed by atoms with van der Waals surface area (Å²) in [6.45, 7) is 1.29. The van der Waals surface area contributed by atoms with E-state index < -0.39 is 0 Å². The molecule has 4 rings (SSSR count). The Labute approximate surface area is 165 Å². The molecule has 0 bridgehead atoms. The van der Waals surface area contributed by atoms with Crippen LogP contribution in [0.5, 0.6) is 0 Å². The lowest BCUT2D eigenvalue weighted by Gasteiger charge is -2.15. The Balaban J connectivity index is 1.59. The first-order valence-corrected chi connectivity index (χ1v) is 10.3. The van der Waals surface area contributed by atoms with Crippen LogP contribution in [0.3, 0.4) is 0 Å². The number of para-hydroxylation sites is 1. The van der Waals surface area contributed by atoms with Crippen molar-refractivity contribution in [3.8, 4) is 0 Å². The Morgan fingerprint density at radius 2 is 1.78 bits per heavy atom. The van der Waals surface area contributed by atoms with Crippen molar-refractivity contribution in [3.05, 3.63) is 70.6 Å². The molecular weight excluding hydrogens is 359 g/mol.